The van der Waals surface area contributed by atoms with E-state index in [1.54, 1.807) is 0 Å². The molecule has 2 unspecified atom stereocenters. The molecule has 0 N–H and O–H groups in total. The summed E-state index contributed by atoms with van der Waals surface area (Å²) in [5.41, 5.74) is 1.45. The number of hydrogen-bond acceptors (Lipinski definition) is 2. The molecule has 0 nitrogen and oxygen atoms in total. The number of rotatable bonds is 4. The molecule has 1 heterocycles. The summed E-state index contributed by atoms with van der Waals surface area (Å²) in [4.78, 5) is 0. The molecule has 1 aliphatic rings. The van der Waals surface area contributed by atoms with Gasteiger partial charge in [-0.25, -0.2) is 0 Å². The van der Waals surface area contributed by atoms with Crippen LogP contribution in [-0.2, 0) is 6.42 Å². The van der Waals surface area contributed by atoms with Gasteiger partial charge < -0.3 is 0 Å². The van der Waals surface area contributed by atoms with Crippen LogP contribution >= 0.6 is 24.4 Å². The van der Waals surface area contributed by atoms with Crippen molar-refractivity contribution in [1.82, 2.24) is 0 Å². The molecule has 80 valence electrons. The summed E-state index contributed by atoms with van der Waals surface area (Å²) in [5, 5.41) is 2.19. The van der Waals surface area contributed by atoms with Gasteiger partial charge in [0.1, 0.15) is 0 Å². The SMILES string of the molecule is SC1SC=CC1CCCc1ccccc1. The fourth-order valence-corrected chi connectivity index (χ4v) is 3.19. The zero-order chi connectivity index (χ0) is 10.5. The largest absolute Gasteiger partial charge is 0.164 e. The van der Waals surface area contributed by atoms with E-state index in [-0.39, 0.29) is 0 Å². The van der Waals surface area contributed by atoms with Crippen LogP contribution in [0.15, 0.2) is 41.8 Å². The summed E-state index contributed by atoms with van der Waals surface area (Å²) < 4.78 is 0.487. The van der Waals surface area contributed by atoms with Gasteiger partial charge in [-0.2, -0.15) is 12.6 Å². The minimum Gasteiger partial charge on any atom is -0.164 e. The molecule has 0 spiro atoms. The second-order valence-electron chi connectivity index (χ2n) is 3.90. The fourth-order valence-electron chi connectivity index (χ4n) is 1.85. The van der Waals surface area contributed by atoms with E-state index in [0.717, 1.165) is 0 Å². The van der Waals surface area contributed by atoms with Crippen LogP contribution in [0, 0.1) is 5.92 Å². The predicted molar refractivity (Wildman–Crippen MR) is 72.4 cm³/mol. The minimum atomic E-state index is 0.487. The molecule has 1 aromatic rings. The fraction of sp³-hybridized carbons (Fsp3) is 0.385. The second-order valence-corrected chi connectivity index (χ2v) is 5.85. The van der Waals surface area contributed by atoms with Crippen molar-refractivity contribution in [1.29, 1.82) is 0 Å². The van der Waals surface area contributed by atoms with Crippen LogP contribution in [0.3, 0.4) is 0 Å². The Morgan fingerprint density at radius 3 is 2.67 bits per heavy atom. The highest BCUT2D eigenvalue weighted by Crippen LogP contribution is 2.35. The van der Waals surface area contributed by atoms with Crippen LogP contribution in [0.5, 0.6) is 0 Å². The molecule has 2 rings (SSSR count). The van der Waals surface area contributed by atoms with E-state index in [2.05, 4.69) is 54.4 Å². The molecule has 0 fully saturated rings. The van der Waals surface area contributed by atoms with Crippen LogP contribution in [0.1, 0.15) is 18.4 Å². The van der Waals surface area contributed by atoms with Crippen molar-refractivity contribution < 1.29 is 0 Å². The maximum atomic E-state index is 4.55. The Kier molecular flexibility index (Phi) is 4.21. The first-order valence-electron chi connectivity index (χ1n) is 5.40. The van der Waals surface area contributed by atoms with Crippen LogP contribution < -0.4 is 0 Å². The van der Waals surface area contributed by atoms with E-state index >= 15 is 0 Å². The molecular weight excluding hydrogens is 220 g/mol. The van der Waals surface area contributed by atoms with Crippen LogP contribution in [-0.4, -0.2) is 4.58 Å². The first-order valence-corrected chi connectivity index (χ1v) is 6.86. The molecule has 2 heteroatoms. The van der Waals surface area contributed by atoms with E-state index < -0.39 is 0 Å². The molecule has 0 amide bonds. The lowest BCUT2D eigenvalue weighted by Crippen LogP contribution is -2.04. The van der Waals surface area contributed by atoms with E-state index in [4.69, 9.17) is 0 Å². The molecule has 0 aliphatic carbocycles. The maximum Gasteiger partial charge on any atom is 0.0576 e. The topological polar surface area (TPSA) is 0 Å². The van der Waals surface area contributed by atoms with Gasteiger partial charge in [-0.3, -0.25) is 0 Å². The highest BCUT2D eigenvalue weighted by molar-refractivity contribution is 8.12. The van der Waals surface area contributed by atoms with Gasteiger partial charge in [0.05, 0.1) is 4.58 Å². The van der Waals surface area contributed by atoms with E-state index in [1.807, 2.05) is 11.8 Å². The summed E-state index contributed by atoms with van der Waals surface area (Å²) in [6, 6.07) is 10.7. The smallest absolute Gasteiger partial charge is 0.0576 e. The summed E-state index contributed by atoms with van der Waals surface area (Å²) in [7, 11) is 0. The number of benzene rings is 1. The predicted octanol–water partition coefficient (Wildman–Crippen LogP) is 4.14. The zero-order valence-corrected chi connectivity index (χ0v) is 10.4. The standard InChI is InChI=1S/C13H16S2/c14-13-12(9-10-15-13)8-4-7-11-5-2-1-3-6-11/h1-3,5-6,9-10,12-14H,4,7-8H2. The highest BCUT2D eigenvalue weighted by Gasteiger charge is 2.18. The first kappa shape index (κ1) is 11.2. The molecular formula is C13H16S2. The van der Waals surface area contributed by atoms with E-state index in [0.29, 0.717) is 10.5 Å². The third-order valence-electron chi connectivity index (χ3n) is 2.76. The molecule has 15 heavy (non-hydrogen) atoms. The third-order valence-corrected chi connectivity index (χ3v) is 4.45. The molecule has 2 atom stereocenters. The average molecular weight is 236 g/mol. The van der Waals surface area contributed by atoms with Gasteiger partial charge >= 0.3 is 0 Å². The number of thioether (sulfide) groups is 1. The van der Waals surface area contributed by atoms with Crippen molar-refractivity contribution in [2.75, 3.05) is 0 Å². The summed E-state index contributed by atoms with van der Waals surface area (Å²) in [6.45, 7) is 0. The Bertz CT molecular complexity index is 319. The summed E-state index contributed by atoms with van der Waals surface area (Å²) >= 11 is 6.38. The Balaban J connectivity index is 1.73. The molecule has 1 aliphatic heterocycles. The normalized spacial score (nSPS) is 24.6. The molecule has 0 radical (unpaired) electrons. The highest BCUT2D eigenvalue weighted by atomic mass is 32.2. The van der Waals surface area contributed by atoms with Crippen LogP contribution in [0.25, 0.3) is 0 Å². The van der Waals surface area contributed by atoms with Gasteiger partial charge in [0, 0.05) is 0 Å². The number of aryl methyl sites for hydroxylation is 1. The first-order chi connectivity index (χ1) is 7.36. The number of hydrogen-bond donors (Lipinski definition) is 1. The minimum absolute atomic E-state index is 0.487. The van der Waals surface area contributed by atoms with Gasteiger partial charge in [-0.1, -0.05) is 36.4 Å². The van der Waals surface area contributed by atoms with Crippen molar-refractivity contribution >= 4 is 24.4 Å². The van der Waals surface area contributed by atoms with Crippen molar-refractivity contribution in [2.24, 2.45) is 5.92 Å². The lowest BCUT2D eigenvalue weighted by atomic mass is 10.0. The maximum absolute atomic E-state index is 4.55. The van der Waals surface area contributed by atoms with Gasteiger partial charge in [-0.05, 0) is 36.2 Å². The van der Waals surface area contributed by atoms with E-state index in [9.17, 15) is 0 Å². The Morgan fingerprint density at radius 1 is 1.20 bits per heavy atom. The molecule has 0 bridgehead atoms. The summed E-state index contributed by atoms with van der Waals surface area (Å²) in [6.07, 6.45) is 6.01. The van der Waals surface area contributed by atoms with Gasteiger partial charge in [0.2, 0.25) is 0 Å². The Morgan fingerprint density at radius 2 is 2.00 bits per heavy atom. The molecule has 0 saturated heterocycles. The monoisotopic (exact) mass is 236 g/mol. The van der Waals surface area contributed by atoms with Gasteiger partial charge in [0.25, 0.3) is 0 Å². The molecule has 1 aromatic carbocycles. The van der Waals surface area contributed by atoms with Crippen molar-refractivity contribution in [3.8, 4) is 0 Å². The van der Waals surface area contributed by atoms with Crippen LogP contribution in [0.2, 0.25) is 0 Å². The van der Waals surface area contributed by atoms with Crippen molar-refractivity contribution in [2.45, 2.75) is 23.8 Å². The molecule has 0 saturated carbocycles. The van der Waals surface area contributed by atoms with Crippen molar-refractivity contribution in [3.05, 3.63) is 47.4 Å². The average Bonchev–Trinajstić information content (AvgIpc) is 2.66. The van der Waals surface area contributed by atoms with Crippen LogP contribution in [0.4, 0.5) is 0 Å². The second kappa shape index (κ2) is 5.66. The van der Waals surface area contributed by atoms with Gasteiger partial charge in [-0.15, -0.1) is 11.8 Å². The third kappa shape index (κ3) is 3.32. The zero-order valence-electron chi connectivity index (χ0n) is 8.67. The number of thiol groups is 1. The lowest BCUT2D eigenvalue weighted by Gasteiger charge is -2.12. The van der Waals surface area contributed by atoms with Crippen molar-refractivity contribution in [3.63, 3.8) is 0 Å². The Hall–Kier alpha value is -0.340. The summed E-state index contributed by atoms with van der Waals surface area (Å²) in [5.74, 6) is 0.669. The van der Waals surface area contributed by atoms with Gasteiger partial charge in [0.15, 0.2) is 0 Å². The Labute approximate surface area is 102 Å². The van der Waals surface area contributed by atoms with E-state index in [1.165, 1.54) is 24.8 Å². The lowest BCUT2D eigenvalue weighted by molar-refractivity contribution is 0.605. The molecule has 0 aromatic heterocycles. The number of allylic oxidation sites excluding steroid dienone is 1. The quantitative estimate of drug-likeness (QED) is 0.767.